The van der Waals surface area contributed by atoms with E-state index in [9.17, 15) is 23.3 Å². The molecule has 2 aromatic carbocycles. The van der Waals surface area contributed by atoms with Crippen molar-refractivity contribution in [3.8, 4) is 0 Å². The molecule has 0 aliphatic carbocycles. The standard InChI is InChI=1S/C20H18N4O5S2/c1-15(19-8-5-13-30-19)21-22-20(25)14-23(16-9-11-17(12-10-16)24(26)27)31(28,29)18-6-3-2-4-7-18/h2-13H,14H2,1H3,(H,22,25)/b21-15-. The molecule has 1 aromatic heterocycles. The van der Waals surface area contributed by atoms with E-state index in [0.717, 1.165) is 9.18 Å². The van der Waals surface area contributed by atoms with E-state index >= 15 is 0 Å². The predicted molar refractivity (Wildman–Crippen MR) is 119 cm³/mol. The lowest BCUT2D eigenvalue weighted by Crippen LogP contribution is -2.39. The number of nitrogens with zero attached hydrogens (tertiary/aromatic N) is 3. The Balaban J connectivity index is 1.89. The fourth-order valence-corrected chi connectivity index (χ4v) is 4.75. The second kappa shape index (κ2) is 9.49. The van der Waals surface area contributed by atoms with Gasteiger partial charge in [-0.1, -0.05) is 24.3 Å². The van der Waals surface area contributed by atoms with Gasteiger partial charge in [-0.2, -0.15) is 5.10 Å². The molecule has 1 heterocycles. The molecular formula is C20H18N4O5S2. The Labute approximate surface area is 182 Å². The zero-order valence-corrected chi connectivity index (χ0v) is 18.0. The number of non-ortho nitro benzene ring substituents is 1. The molecule has 0 unspecified atom stereocenters. The first-order valence-electron chi connectivity index (χ1n) is 8.98. The van der Waals surface area contributed by atoms with Crippen LogP contribution in [-0.2, 0) is 14.8 Å². The maximum Gasteiger partial charge on any atom is 0.269 e. The van der Waals surface area contributed by atoms with Gasteiger partial charge >= 0.3 is 0 Å². The van der Waals surface area contributed by atoms with Gasteiger partial charge in [-0.25, -0.2) is 13.8 Å². The molecular weight excluding hydrogens is 440 g/mol. The summed E-state index contributed by atoms with van der Waals surface area (Å²) >= 11 is 1.46. The zero-order chi connectivity index (χ0) is 22.4. The lowest BCUT2D eigenvalue weighted by Gasteiger charge is -2.23. The van der Waals surface area contributed by atoms with E-state index in [2.05, 4.69) is 10.5 Å². The van der Waals surface area contributed by atoms with E-state index in [1.54, 1.807) is 25.1 Å². The van der Waals surface area contributed by atoms with Crippen LogP contribution < -0.4 is 9.73 Å². The van der Waals surface area contributed by atoms with Gasteiger partial charge in [-0.05, 0) is 42.6 Å². The van der Waals surface area contributed by atoms with Gasteiger partial charge in [0.25, 0.3) is 21.6 Å². The lowest BCUT2D eigenvalue weighted by molar-refractivity contribution is -0.384. The van der Waals surface area contributed by atoms with Crippen LogP contribution in [0.4, 0.5) is 11.4 Å². The molecule has 0 saturated carbocycles. The number of nitrogens with one attached hydrogen (secondary N) is 1. The Morgan fingerprint density at radius 3 is 2.35 bits per heavy atom. The maximum absolute atomic E-state index is 13.2. The first kappa shape index (κ1) is 22.1. The Morgan fingerprint density at radius 2 is 1.77 bits per heavy atom. The first-order valence-corrected chi connectivity index (χ1v) is 11.3. The van der Waals surface area contributed by atoms with Crippen molar-refractivity contribution in [2.45, 2.75) is 11.8 Å². The quantitative estimate of drug-likeness (QED) is 0.315. The molecule has 0 fully saturated rings. The van der Waals surface area contributed by atoms with Gasteiger partial charge < -0.3 is 0 Å². The second-order valence-electron chi connectivity index (χ2n) is 6.31. The van der Waals surface area contributed by atoms with E-state index in [1.165, 1.54) is 47.7 Å². The Kier molecular flexibility index (Phi) is 6.78. The van der Waals surface area contributed by atoms with E-state index in [1.807, 2.05) is 17.5 Å². The van der Waals surface area contributed by atoms with Crippen LogP contribution in [0.2, 0.25) is 0 Å². The van der Waals surface area contributed by atoms with Gasteiger partial charge in [0.15, 0.2) is 0 Å². The third kappa shape index (κ3) is 5.32. The minimum absolute atomic E-state index is 0.0144. The third-order valence-electron chi connectivity index (χ3n) is 4.19. The van der Waals surface area contributed by atoms with Crippen LogP contribution in [0.5, 0.6) is 0 Å². The monoisotopic (exact) mass is 458 g/mol. The highest BCUT2D eigenvalue weighted by Gasteiger charge is 2.27. The number of carbonyl (C=O) groups excluding carboxylic acids is 1. The number of hydrogen-bond acceptors (Lipinski definition) is 7. The van der Waals surface area contributed by atoms with Crippen molar-refractivity contribution in [2.75, 3.05) is 10.8 Å². The number of benzene rings is 2. The largest absolute Gasteiger partial charge is 0.271 e. The molecule has 1 N–H and O–H groups in total. The number of nitro groups is 1. The van der Waals surface area contributed by atoms with Gasteiger partial charge in [-0.15, -0.1) is 11.3 Å². The Bertz CT molecular complexity index is 1190. The van der Waals surface area contributed by atoms with Gasteiger partial charge in [0.2, 0.25) is 0 Å². The van der Waals surface area contributed by atoms with Gasteiger partial charge in [-0.3, -0.25) is 19.2 Å². The summed E-state index contributed by atoms with van der Waals surface area (Å²) in [6.45, 7) is 1.16. The van der Waals surface area contributed by atoms with E-state index in [0.29, 0.717) is 5.71 Å². The summed E-state index contributed by atoms with van der Waals surface area (Å²) in [6.07, 6.45) is 0. The molecule has 0 atom stereocenters. The highest BCUT2D eigenvalue weighted by atomic mass is 32.2. The molecule has 11 heteroatoms. The van der Waals surface area contributed by atoms with Crippen molar-refractivity contribution in [3.63, 3.8) is 0 Å². The third-order valence-corrected chi connectivity index (χ3v) is 6.96. The molecule has 0 radical (unpaired) electrons. The Morgan fingerprint density at radius 1 is 1.10 bits per heavy atom. The summed E-state index contributed by atoms with van der Waals surface area (Å²) in [6, 6.07) is 16.2. The van der Waals surface area contributed by atoms with Crippen LogP contribution in [-0.4, -0.2) is 31.5 Å². The van der Waals surface area contributed by atoms with Crippen LogP contribution in [0.15, 0.2) is 82.1 Å². The summed E-state index contributed by atoms with van der Waals surface area (Å²) in [5.74, 6) is -0.659. The van der Waals surface area contributed by atoms with Gasteiger partial charge in [0.05, 0.1) is 21.2 Å². The van der Waals surface area contributed by atoms with Crippen molar-refractivity contribution in [1.29, 1.82) is 0 Å². The van der Waals surface area contributed by atoms with Crippen LogP contribution in [0, 0.1) is 10.1 Å². The molecule has 1 amide bonds. The number of hydrazone groups is 1. The minimum Gasteiger partial charge on any atom is -0.271 e. The van der Waals surface area contributed by atoms with Crippen molar-refractivity contribution in [1.82, 2.24) is 5.43 Å². The topological polar surface area (TPSA) is 122 Å². The number of rotatable bonds is 8. The number of carbonyl (C=O) groups is 1. The van der Waals surface area contributed by atoms with E-state index in [4.69, 9.17) is 0 Å². The van der Waals surface area contributed by atoms with Crippen molar-refractivity contribution >= 4 is 44.4 Å². The molecule has 31 heavy (non-hydrogen) atoms. The molecule has 0 aliphatic heterocycles. The van der Waals surface area contributed by atoms with Crippen molar-refractivity contribution < 1.29 is 18.1 Å². The van der Waals surface area contributed by atoms with Gasteiger partial charge in [0, 0.05) is 17.0 Å². The van der Waals surface area contributed by atoms with E-state index < -0.39 is 27.4 Å². The zero-order valence-electron chi connectivity index (χ0n) is 16.3. The lowest BCUT2D eigenvalue weighted by atomic mass is 10.3. The molecule has 0 saturated heterocycles. The Hall–Kier alpha value is -3.57. The average molecular weight is 459 g/mol. The molecule has 3 aromatic rings. The van der Waals surface area contributed by atoms with Gasteiger partial charge in [0.1, 0.15) is 6.54 Å². The summed E-state index contributed by atoms with van der Waals surface area (Å²) in [7, 11) is -4.11. The van der Waals surface area contributed by atoms with Crippen LogP contribution in [0.1, 0.15) is 11.8 Å². The van der Waals surface area contributed by atoms with Crippen molar-refractivity contribution in [3.05, 3.63) is 87.1 Å². The molecule has 0 aliphatic rings. The number of amides is 1. The van der Waals surface area contributed by atoms with E-state index in [-0.39, 0.29) is 16.3 Å². The number of sulfonamides is 1. The minimum atomic E-state index is -4.11. The molecule has 9 nitrogen and oxygen atoms in total. The first-order chi connectivity index (χ1) is 14.8. The summed E-state index contributed by atoms with van der Waals surface area (Å²) in [5.41, 5.74) is 2.87. The second-order valence-corrected chi connectivity index (χ2v) is 9.12. The summed E-state index contributed by atoms with van der Waals surface area (Å²) in [5, 5.41) is 16.8. The highest BCUT2D eigenvalue weighted by molar-refractivity contribution is 7.92. The maximum atomic E-state index is 13.2. The fraction of sp³-hybridized carbons (Fsp3) is 0.100. The number of nitro benzene ring substituents is 1. The smallest absolute Gasteiger partial charge is 0.269 e. The normalized spacial score (nSPS) is 11.7. The molecule has 0 spiro atoms. The SMILES string of the molecule is C/C(=N/NC(=O)CN(c1ccc([N+](=O)[O-])cc1)S(=O)(=O)c1ccccc1)c1cccs1. The van der Waals surface area contributed by atoms with Crippen LogP contribution in [0.3, 0.4) is 0 Å². The average Bonchev–Trinajstić information content (AvgIpc) is 3.31. The fourth-order valence-electron chi connectivity index (χ4n) is 2.63. The molecule has 3 rings (SSSR count). The summed E-state index contributed by atoms with van der Waals surface area (Å²) in [4.78, 5) is 23.7. The summed E-state index contributed by atoms with van der Waals surface area (Å²) < 4.78 is 27.3. The van der Waals surface area contributed by atoms with Crippen LogP contribution >= 0.6 is 11.3 Å². The van der Waals surface area contributed by atoms with Crippen molar-refractivity contribution in [2.24, 2.45) is 5.10 Å². The van der Waals surface area contributed by atoms with Crippen LogP contribution in [0.25, 0.3) is 0 Å². The predicted octanol–water partition coefficient (Wildman–Crippen LogP) is 3.39. The molecule has 0 bridgehead atoms. The number of hydrogen-bond donors (Lipinski definition) is 1. The number of thiophene rings is 1. The number of anilines is 1. The highest BCUT2D eigenvalue weighted by Crippen LogP contribution is 2.25. The molecule has 160 valence electrons.